The van der Waals surface area contributed by atoms with E-state index in [-0.39, 0.29) is 29.3 Å². The Morgan fingerprint density at radius 2 is 2.07 bits per heavy atom. The number of aromatic nitrogens is 2. The van der Waals surface area contributed by atoms with Crippen LogP contribution in [0, 0.1) is 5.82 Å². The van der Waals surface area contributed by atoms with Crippen molar-refractivity contribution < 1.29 is 23.1 Å². The average Bonchev–Trinajstić information content (AvgIpc) is 3.09. The molecule has 0 saturated carbocycles. The van der Waals surface area contributed by atoms with Crippen LogP contribution in [0.1, 0.15) is 13.8 Å². The molecule has 0 aliphatic carbocycles. The minimum atomic E-state index is -0.495. The standard InChI is InChI=1S/C17H17FN4O4S/c1-3-25-15(23)13-9(2)19-16(24)20-12(13)8-27-17-22-21-14(26-17)10-4-6-11(18)7-5-10/h4-7,9H,3,8H2,1-2H3,(H2,19,20,24)/t9-/m0/s1. The molecule has 2 aromatic rings. The summed E-state index contributed by atoms with van der Waals surface area (Å²) >= 11 is 1.17. The summed E-state index contributed by atoms with van der Waals surface area (Å²) in [5, 5.41) is 13.4. The summed E-state index contributed by atoms with van der Waals surface area (Å²) in [7, 11) is 0. The molecular weight excluding hydrogens is 375 g/mol. The number of carbonyl (C=O) groups excluding carboxylic acids is 2. The van der Waals surface area contributed by atoms with Gasteiger partial charge in [-0.15, -0.1) is 10.2 Å². The first kappa shape index (κ1) is 18.9. The lowest BCUT2D eigenvalue weighted by Gasteiger charge is -2.26. The predicted octanol–water partition coefficient (Wildman–Crippen LogP) is 2.49. The molecule has 0 spiro atoms. The highest BCUT2D eigenvalue weighted by Crippen LogP contribution is 2.26. The zero-order valence-electron chi connectivity index (χ0n) is 14.6. The topological polar surface area (TPSA) is 106 Å². The Hall–Kier alpha value is -2.88. The van der Waals surface area contributed by atoms with E-state index in [9.17, 15) is 14.0 Å². The van der Waals surface area contributed by atoms with Crippen LogP contribution in [0.3, 0.4) is 0 Å². The van der Waals surface area contributed by atoms with E-state index in [4.69, 9.17) is 9.15 Å². The zero-order chi connectivity index (χ0) is 19.4. The van der Waals surface area contributed by atoms with Crippen molar-refractivity contribution in [1.82, 2.24) is 20.8 Å². The Balaban J connectivity index is 1.75. The number of thioether (sulfide) groups is 1. The fraction of sp³-hybridized carbons (Fsp3) is 0.294. The molecule has 142 valence electrons. The Morgan fingerprint density at radius 1 is 1.33 bits per heavy atom. The van der Waals surface area contributed by atoms with E-state index in [1.54, 1.807) is 13.8 Å². The fourth-order valence-electron chi connectivity index (χ4n) is 2.50. The number of carbonyl (C=O) groups is 2. The zero-order valence-corrected chi connectivity index (χ0v) is 15.4. The number of amides is 2. The number of nitrogens with one attached hydrogen (secondary N) is 2. The molecular formula is C17H17FN4O4S. The summed E-state index contributed by atoms with van der Waals surface area (Å²) in [6, 6.07) is 4.79. The maximum Gasteiger partial charge on any atom is 0.337 e. The van der Waals surface area contributed by atoms with E-state index in [0.717, 1.165) is 0 Å². The van der Waals surface area contributed by atoms with Crippen LogP contribution in [-0.2, 0) is 9.53 Å². The molecule has 1 aromatic carbocycles. The molecule has 2 amide bonds. The smallest absolute Gasteiger partial charge is 0.337 e. The van der Waals surface area contributed by atoms with Crippen LogP contribution in [0.15, 0.2) is 45.2 Å². The third kappa shape index (κ3) is 4.45. The van der Waals surface area contributed by atoms with Crippen LogP contribution in [0.25, 0.3) is 11.5 Å². The highest BCUT2D eigenvalue weighted by Gasteiger charge is 2.29. The lowest BCUT2D eigenvalue weighted by Crippen LogP contribution is -2.49. The van der Waals surface area contributed by atoms with Gasteiger partial charge in [0.25, 0.3) is 5.22 Å². The molecule has 1 aliphatic heterocycles. The van der Waals surface area contributed by atoms with Gasteiger partial charge in [0.2, 0.25) is 5.89 Å². The second-order valence-electron chi connectivity index (χ2n) is 5.60. The summed E-state index contributed by atoms with van der Waals surface area (Å²) < 4.78 is 23.6. The normalized spacial score (nSPS) is 16.7. The molecule has 2 N–H and O–H groups in total. The first-order valence-electron chi connectivity index (χ1n) is 8.18. The molecule has 0 saturated heterocycles. The third-order valence-electron chi connectivity index (χ3n) is 3.70. The van der Waals surface area contributed by atoms with E-state index in [2.05, 4.69) is 20.8 Å². The van der Waals surface area contributed by atoms with E-state index < -0.39 is 18.0 Å². The number of ether oxygens (including phenoxy) is 1. The van der Waals surface area contributed by atoms with Crippen molar-refractivity contribution in [2.45, 2.75) is 25.1 Å². The maximum absolute atomic E-state index is 13.0. The van der Waals surface area contributed by atoms with Crippen LogP contribution in [0.5, 0.6) is 0 Å². The number of hydrogen-bond acceptors (Lipinski definition) is 7. The number of esters is 1. The molecule has 0 bridgehead atoms. The van der Waals surface area contributed by atoms with Gasteiger partial charge in [-0.05, 0) is 38.1 Å². The lowest BCUT2D eigenvalue weighted by molar-refractivity contribution is -0.138. The second-order valence-corrected chi connectivity index (χ2v) is 6.53. The van der Waals surface area contributed by atoms with E-state index in [1.807, 2.05) is 0 Å². The first-order chi connectivity index (χ1) is 13.0. The molecule has 27 heavy (non-hydrogen) atoms. The monoisotopic (exact) mass is 392 g/mol. The molecule has 8 nitrogen and oxygen atoms in total. The highest BCUT2D eigenvalue weighted by molar-refractivity contribution is 7.99. The van der Waals surface area contributed by atoms with Gasteiger partial charge in [0.15, 0.2) is 0 Å². The molecule has 3 rings (SSSR count). The van der Waals surface area contributed by atoms with Crippen LogP contribution in [0.2, 0.25) is 0 Å². The van der Waals surface area contributed by atoms with Gasteiger partial charge in [0.05, 0.1) is 18.2 Å². The molecule has 0 radical (unpaired) electrons. The summed E-state index contributed by atoms with van der Waals surface area (Å²) in [6.07, 6.45) is 0. The molecule has 0 fully saturated rings. The van der Waals surface area contributed by atoms with Gasteiger partial charge in [0, 0.05) is 17.0 Å². The minimum absolute atomic E-state index is 0.230. The van der Waals surface area contributed by atoms with Gasteiger partial charge in [-0.25, -0.2) is 14.0 Å². The van der Waals surface area contributed by atoms with Gasteiger partial charge in [0.1, 0.15) is 5.82 Å². The van der Waals surface area contributed by atoms with Crippen LogP contribution in [0.4, 0.5) is 9.18 Å². The molecule has 1 aromatic heterocycles. The maximum atomic E-state index is 13.0. The summed E-state index contributed by atoms with van der Waals surface area (Å²) in [5.74, 6) is -0.371. The minimum Gasteiger partial charge on any atom is -0.463 e. The Kier molecular flexibility index (Phi) is 5.75. The van der Waals surface area contributed by atoms with Gasteiger partial charge < -0.3 is 19.8 Å². The summed E-state index contributed by atoms with van der Waals surface area (Å²) in [5.41, 5.74) is 1.37. The Bertz CT molecular complexity index is 881. The SMILES string of the molecule is CCOC(=O)C1=C(CSc2nnc(-c3ccc(F)cc3)o2)NC(=O)N[C@H]1C. The van der Waals surface area contributed by atoms with Gasteiger partial charge in [-0.3, -0.25) is 0 Å². The van der Waals surface area contributed by atoms with Crippen molar-refractivity contribution in [2.75, 3.05) is 12.4 Å². The van der Waals surface area contributed by atoms with Crippen molar-refractivity contribution in [1.29, 1.82) is 0 Å². The number of urea groups is 1. The van der Waals surface area contributed by atoms with Gasteiger partial charge in [-0.2, -0.15) is 0 Å². The number of hydrogen-bond donors (Lipinski definition) is 2. The number of rotatable bonds is 6. The summed E-state index contributed by atoms with van der Waals surface area (Å²) in [4.78, 5) is 23.9. The van der Waals surface area contributed by atoms with Crippen LogP contribution >= 0.6 is 11.8 Å². The number of nitrogens with zero attached hydrogens (tertiary/aromatic N) is 2. The fourth-order valence-corrected chi connectivity index (χ4v) is 3.24. The quantitative estimate of drug-likeness (QED) is 0.575. The highest BCUT2D eigenvalue weighted by atomic mass is 32.2. The number of halogens is 1. The van der Waals surface area contributed by atoms with Crippen molar-refractivity contribution in [3.05, 3.63) is 41.4 Å². The van der Waals surface area contributed by atoms with Gasteiger partial charge >= 0.3 is 12.0 Å². The Morgan fingerprint density at radius 3 is 2.78 bits per heavy atom. The average molecular weight is 392 g/mol. The van der Waals surface area contributed by atoms with Gasteiger partial charge in [-0.1, -0.05) is 11.8 Å². The van der Waals surface area contributed by atoms with E-state index in [0.29, 0.717) is 16.8 Å². The van der Waals surface area contributed by atoms with Crippen molar-refractivity contribution in [2.24, 2.45) is 0 Å². The molecule has 0 unspecified atom stereocenters. The van der Waals surface area contributed by atoms with Crippen molar-refractivity contribution in [3.63, 3.8) is 0 Å². The van der Waals surface area contributed by atoms with Crippen LogP contribution in [-0.4, -0.2) is 40.6 Å². The molecule has 1 aliphatic rings. The van der Waals surface area contributed by atoms with E-state index >= 15 is 0 Å². The predicted molar refractivity (Wildman–Crippen MR) is 95.2 cm³/mol. The molecule has 10 heteroatoms. The third-order valence-corrected chi connectivity index (χ3v) is 4.55. The van der Waals surface area contributed by atoms with Crippen molar-refractivity contribution in [3.8, 4) is 11.5 Å². The number of benzene rings is 1. The second kappa shape index (κ2) is 8.21. The lowest BCUT2D eigenvalue weighted by atomic mass is 10.1. The van der Waals surface area contributed by atoms with Crippen molar-refractivity contribution >= 4 is 23.8 Å². The Labute approximate surface area is 158 Å². The molecule has 1 atom stereocenters. The van der Waals surface area contributed by atoms with Crippen LogP contribution < -0.4 is 10.6 Å². The van der Waals surface area contributed by atoms with E-state index in [1.165, 1.54) is 36.0 Å². The largest absolute Gasteiger partial charge is 0.463 e. The molecule has 2 heterocycles. The first-order valence-corrected chi connectivity index (χ1v) is 9.16. The summed E-state index contributed by atoms with van der Waals surface area (Å²) in [6.45, 7) is 3.64.